The fourth-order valence-corrected chi connectivity index (χ4v) is 12.0. The van der Waals surface area contributed by atoms with E-state index in [1.165, 1.54) is 61.1 Å². The molecule has 2 aliphatic carbocycles. The molecule has 506 valence electrons. The Morgan fingerprint density at radius 1 is 0.764 bits per heavy atom. The number of amides is 7. The van der Waals surface area contributed by atoms with Gasteiger partial charge in [0.1, 0.15) is 37.2 Å². The first-order valence-electron chi connectivity index (χ1n) is 32.6. The van der Waals surface area contributed by atoms with Crippen LogP contribution in [-0.4, -0.2) is 153 Å². The van der Waals surface area contributed by atoms with Crippen molar-refractivity contribution in [1.29, 1.82) is 0 Å². The minimum absolute atomic E-state index is 0. The van der Waals surface area contributed by atoms with Crippen LogP contribution in [0.15, 0.2) is 77.9 Å². The van der Waals surface area contributed by atoms with Crippen LogP contribution >= 0.6 is 0 Å². The van der Waals surface area contributed by atoms with E-state index in [0.717, 1.165) is 17.6 Å². The van der Waals surface area contributed by atoms with E-state index < -0.39 is 89.4 Å². The van der Waals surface area contributed by atoms with Crippen LogP contribution in [0, 0.1) is 16.7 Å². The third-order valence-electron chi connectivity index (χ3n) is 17.3. The van der Waals surface area contributed by atoms with Gasteiger partial charge in [0.2, 0.25) is 41.4 Å². The summed E-state index contributed by atoms with van der Waals surface area (Å²) in [6.45, 7) is 21.4. The molecule has 3 saturated heterocycles. The molecule has 89 heavy (non-hydrogen) atoms. The Labute approximate surface area is 535 Å². The van der Waals surface area contributed by atoms with Crippen LogP contribution < -0.4 is 26.6 Å². The highest BCUT2D eigenvalue weighted by molar-refractivity contribution is 6.03. The molecule has 4 aliphatic heterocycles. The third-order valence-corrected chi connectivity index (χ3v) is 17.3. The zero-order valence-corrected chi connectivity index (χ0v) is 54.9. The number of imide groups is 1. The van der Waals surface area contributed by atoms with Crippen molar-refractivity contribution in [2.24, 2.45) is 16.7 Å². The maximum Gasteiger partial charge on any atom is 0.331 e. The number of cyclic esters (lactones) is 1. The Bertz CT molecular complexity index is 2640. The molecule has 2 bridgehead atoms. The second-order valence-electron chi connectivity index (χ2n) is 23.6. The van der Waals surface area contributed by atoms with E-state index in [2.05, 4.69) is 60.4 Å². The molecule has 5 N–H and O–H groups in total. The number of carbonyl (C=O) groups is 9. The van der Waals surface area contributed by atoms with Crippen LogP contribution in [0.25, 0.3) is 0 Å². The quantitative estimate of drug-likeness (QED) is 0.0152. The summed E-state index contributed by atoms with van der Waals surface area (Å²) in [5.41, 5.74) is 0.590. The fourth-order valence-electron chi connectivity index (χ4n) is 12.0. The van der Waals surface area contributed by atoms with Gasteiger partial charge in [0.15, 0.2) is 0 Å². The molecular formula is C68H114N6O15. The standard InChI is InChI=1S/C56H74N6O15.C8H18.2C2H6.5H2/c1-35-19-21-55-32-73-51(69)25-36(2)20-23-72-41(16-11-12-18-50(68)77-42-28-44(76-43(55)24-35)56(33-75-56)54(42,55)5)38(4)74-34-60-47(65)30-59-52(70)40(27-39-14-8-6-9-15-39)61-48(66)31-58-46(64)29-57-45(63)17-10-7-13-22-62-49(67)26-37(3)53(62)71;1-3-5-7-8-6-4-2;2*1-2;;;;;/h6,8-9,11-12,14-16,18,24-25,37-38,40-44H,7,10,13,17,19-23,26-34H2,1-5H3,(H,57,63)(H,58,64)(H,59,70)(H,60,65)(H,61,66);3-8H2,1-2H3;2*1-2H3;5*1H/b16-11+,18-12-,36-25+;;;;;;;;. The molecule has 21 nitrogen and oxygen atoms in total. The van der Waals surface area contributed by atoms with E-state index in [-0.39, 0.29) is 88.7 Å². The highest BCUT2D eigenvalue weighted by Crippen LogP contribution is 2.72. The molecule has 10 unspecified atom stereocenters. The number of esters is 2. The number of allylic oxidation sites excluding steroid dienone is 3. The van der Waals surface area contributed by atoms with Crippen molar-refractivity contribution in [3.63, 3.8) is 0 Å². The van der Waals surface area contributed by atoms with E-state index in [4.69, 9.17) is 28.4 Å². The Morgan fingerprint density at radius 2 is 1.42 bits per heavy atom. The van der Waals surface area contributed by atoms with Gasteiger partial charge in [-0.05, 0) is 58.4 Å². The average Bonchev–Trinajstić information content (AvgIpc) is 1.48. The molecule has 1 aromatic carbocycles. The van der Waals surface area contributed by atoms with Gasteiger partial charge in [0.05, 0.1) is 56.6 Å². The first-order chi connectivity index (χ1) is 42.7. The Kier molecular flexibility index (Phi) is 32.2. The number of ether oxygens (including phenoxy) is 6. The van der Waals surface area contributed by atoms with E-state index >= 15 is 0 Å². The number of unbranched alkanes of at least 4 members (excludes halogenated alkanes) is 7. The monoisotopic (exact) mass is 1250 g/mol. The number of nitrogens with one attached hydrogen (secondary N) is 5. The number of hydrogen-bond donors (Lipinski definition) is 5. The van der Waals surface area contributed by atoms with Crippen LogP contribution in [0.2, 0.25) is 0 Å². The molecule has 0 aromatic heterocycles. The molecule has 21 heteroatoms. The predicted octanol–water partition coefficient (Wildman–Crippen LogP) is 9.12. The van der Waals surface area contributed by atoms with Crippen LogP contribution in [0.3, 0.4) is 0 Å². The number of epoxide rings is 1. The minimum Gasteiger partial charge on any atom is -0.462 e. The molecule has 1 saturated carbocycles. The van der Waals surface area contributed by atoms with E-state index in [0.29, 0.717) is 51.7 Å². The molecule has 4 heterocycles. The van der Waals surface area contributed by atoms with Gasteiger partial charge in [0.25, 0.3) is 0 Å². The predicted molar refractivity (Wildman–Crippen MR) is 349 cm³/mol. The number of carbonyl (C=O) groups excluding carboxylic acids is 9. The summed E-state index contributed by atoms with van der Waals surface area (Å²) < 4.78 is 37.3. The molecule has 2 spiro atoms. The Morgan fingerprint density at radius 3 is 2.08 bits per heavy atom. The lowest BCUT2D eigenvalue weighted by Gasteiger charge is -2.58. The SMILES string of the molecule is CC.CC.CC1=CC2OC3CC4OC(=O)/C=C\C=C\C(C(C)OCNC(=O)CNC(=O)C(Cc5ccccc5)NC(=O)CNC(=O)CNC(=O)CCCCCN5C(=O)CC(C)C5=O)OCC/C(C)=C/C(=O)OCC2(CC1)C4(C)C31CO1.CCCCCCCC.[HH].[HH].[HH].[HH].[HH]. The van der Waals surface area contributed by atoms with Gasteiger partial charge >= 0.3 is 11.9 Å². The molecule has 6 aliphatic rings. The van der Waals surface area contributed by atoms with Gasteiger partial charge in [-0.1, -0.05) is 166 Å². The van der Waals surface area contributed by atoms with Gasteiger partial charge in [-0.2, -0.15) is 0 Å². The maximum atomic E-state index is 13.5. The minimum atomic E-state index is -1.12. The Hall–Kier alpha value is -6.55. The summed E-state index contributed by atoms with van der Waals surface area (Å²) in [4.78, 5) is 116. The van der Waals surface area contributed by atoms with Crippen LogP contribution in [-0.2, 0) is 78.0 Å². The summed E-state index contributed by atoms with van der Waals surface area (Å²) in [7, 11) is 0. The Balaban J connectivity index is 0. The lowest BCUT2D eigenvalue weighted by molar-refractivity contribution is -0.232. The van der Waals surface area contributed by atoms with Crippen molar-refractivity contribution < 1.29 is 78.7 Å². The van der Waals surface area contributed by atoms with Gasteiger partial charge in [-0.3, -0.25) is 38.5 Å². The van der Waals surface area contributed by atoms with Gasteiger partial charge in [-0.25, -0.2) is 9.59 Å². The number of likely N-dealkylation sites (tertiary alicyclic amines) is 1. The van der Waals surface area contributed by atoms with E-state index in [1.807, 2.05) is 34.6 Å². The topological polar surface area (TPSA) is 276 Å². The second kappa shape index (κ2) is 38.2. The first kappa shape index (κ1) is 74.9. The largest absolute Gasteiger partial charge is 0.462 e. The lowest BCUT2D eigenvalue weighted by Crippen LogP contribution is -2.66. The van der Waals surface area contributed by atoms with Gasteiger partial charge in [-0.15, -0.1) is 0 Å². The summed E-state index contributed by atoms with van der Waals surface area (Å²) >= 11 is 0. The molecule has 10 atom stereocenters. The third kappa shape index (κ3) is 21.8. The van der Waals surface area contributed by atoms with Crippen LogP contribution in [0.5, 0.6) is 0 Å². The molecular weight excluding hydrogens is 1140 g/mol. The maximum absolute atomic E-state index is 13.5. The van der Waals surface area contributed by atoms with Gasteiger partial charge < -0.3 is 55.0 Å². The number of hydrogen-bond acceptors (Lipinski definition) is 15. The van der Waals surface area contributed by atoms with E-state index in [9.17, 15) is 43.2 Å². The van der Waals surface area contributed by atoms with Crippen molar-refractivity contribution in [3.8, 4) is 0 Å². The van der Waals surface area contributed by atoms with Crippen molar-refractivity contribution in [2.75, 3.05) is 52.7 Å². The first-order valence-corrected chi connectivity index (χ1v) is 32.6. The normalized spacial score (nSPS) is 27.3. The number of nitrogens with zero attached hydrogens (tertiary/aromatic N) is 1. The molecule has 7 amide bonds. The van der Waals surface area contributed by atoms with Crippen LogP contribution in [0.1, 0.15) is 185 Å². The van der Waals surface area contributed by atoms with Crippen molar-refractivity contribution in [2.45, 2.75) is 221 Å². The summed E-state index contributed by atoms with van der Waals surface area (Å²) in [5, 5.41) is 12.7. The average molecular weight is 1260 g/mol. The van der Waals surface area contributed by atoms with Crippen molar-refractivity contribution >= 4 is 53.3 Å². The fraction of sp³-hybridized carbons (Fsp3) is 0.662. The van der Waals surface area contributed by atoms with E-state index in [1.54, 1.807) is 62.4 Å². The second-order valence-corrected chi connectivity index (χ2v) is 23.6. The zero-order valence-electron chi connectivity index (χ0n) is 54.9. The number of rotatable bonds is 25. The van der Waals surface area contributed by atoms with Gasteiger partial charge in [0, 0.05) is 62.8 Å². The zero-order chi connectivity index (χ0) is 65.6. The molecule has 0 radical (unpaired) electrons. The molecule has 4 fully saturated rings. The highest BCUT2D eigenvalue weighted by atomic mass is 16.6. The molecule has 1 aromatic rings. The summed E-state index contributed by atoms with van der Waals surface area (Å²) in [6.07, 6.45) is 20.2. The van der Waals surface area contributed by atoms with Crippen molar-refractivity contribution in [1.82, 2.24) is 31.5 Å². The van der Waals surface area contributed by atoms with Crippen LogP contribution in [0.4, 0.5) is 0 Å². The molecule has 7 rings (SSSR count). The lowest BCUT2D eigenvalue weighted by atomic mass is 9.51. The smallest absolute Gasteiger partial charge is 0.331 e. The summed E-state index contributed by atoms with van der Waals surface area (Å²) in [5.74, 6) is -4.65. The number of benzene rings is 1. The highest BCUT2D eigenvalue weighted by Gasteiger charge is 2.83. The summed E-state index contributed by atoms with van der Waals surface area (Å²) in [6, 6.07) is 7.77. The van der Waals surface area contributed by atoms with Crippen molar-refractivity contribution in [3.05, 3.63) is 83.5 Å².